The van der Waals surface area contributed by atoms with Gasteiger partial charge >= 0.3 is 17.9 Å². The Labute approximate surface area is 431 Å². The van der Waals surface area contributed by atoms with Crippen LogP contribution in [0.2, 0.25) is 0 Å². The van der Waals surface area contributed by atoms with Crippen LogP contribution in [0.4, 0.5) is 0 Å². The van der Waals surface area contributed by atoms with E-state index >= 15 is 0 Å². The highest BCUT2D eigenvalue weighted by Gasteiger charge is 2.19. The van der Waals surface area contributed by atoms with Crippen molar-refractivity contribution in [3.05, 3.63) is 0 Å². The van der Waals surface area contributed by atoms with E-state index in [2.05, 4.69) is 20.8 Å². The van der Waals surface area contributed by atoms with Crippen molar-refractivity contribution in [3.8, 4) is 0 Å². The van der Waals surface area contributed by atoms with E-state index in [0.29, 0.717) is 19.3 Å². The van der Waals surface area contributed by atoms with E-state index in [1.807, 2.05) is 0 Å². The zero-order chi connectivity index (χ0) is 50.0. The largest absolute Gasteiger partial charge is 0.462 e. The monoisotopic (exact) mass is 975 g/mol. The number of hydrogen-bond donors (Lipinski definition) is 0. The molecule has 0 spiro atoms. The van der Waals surface area contributed by atoms with E-state index in [1.54, 1.807) is 0 Å². The average Bonchev–Trinajstić information content (AvgIpc) is 3.35. The highest BCUT2D eigenvalue weighted by molar-refractivity contribution is 5.71. The second-order valence-corrected chi connectivity index (χ2v) is 21.7. The van der Waals surface area contributed by atoms with Crippen LogP contribution in [0.15, 0.2) is 0 Å². The SMILES string of the molecule is CCCCCCCCCCCCCCCCCCCCCCCCCCCCC(=O)OCC(COC(=O)CCCCCCCCCC)OC(=O)CCCCCCCCCCCCCCCCCCC. The Hall–Kier alpha value is -1.59. The molecule has 0 saturated carbocycles. The summed E-state index contributed by atoms with van der Waals surface area (Å²) in [7, 11) is 0. The van der Waals surface area contributed by atoms with Crippen LogP contribution in [0.1, 0.15) is 367 Å². The molecular weight excluding hydrogens is 853 g/mol. The molecule has 0 aliphatic rings. The van der Waals surface area contributed by atoms with Gasteiger partial charge in [-0.3, -0.25) is 14.4 Å². The Bertz CT molecular complexity index is 1030. The fourth-order valence-electron chi connectivity index (χ4n) is 9.86. The molecule has 0 aromatic carbocycles. The van der Waals surface area contributed by atoms with Gasteiger partial charge in [-0.1, -0.05) is 329 Å². The highest BCUT2D eigenvalue weighted by atomic mass is 16.6. The first-order valence-electron chi connectivity index (χ1n) is 31.5. The molecule has 0 aliphatic carbocycles. The summed E-state index contributed by atoms with van der Waals surface area (Å²) in [6.45, 7) is 6.69. The van der Waals surface area contributed by atoms with Crippen molar-refractivity contribution >= 4 is 17.9 Å². The third-order valence-electron chi connectivity index (χ3n) is 14.6. The first-order chi connectivity index (χ1) is 34.0. The fourth-order valence-corrected chi connectivity index (χ4v) is 9.86. The van der Waals surface area contributed by atoms with Crippen LogP contribution >= 0.6 is 0 Å². The van der Waals surface area contributed by atoms with Crippen LogP contribution in [0.3, 0.4) is 0 Å². The van der Waals surface area contributed by atoms with Crippen molar-refractivity contribution in [2.75, 3.05) is 13.2 Å². The van der Waals surface area contributed by atoms with Gasteiger partial charge in [-0.25, -0.2) is 0 Å². The first-order valence-corrected chi connectivity index (χ1v) is 31.5. The van der Waals surface area contributed by atoms with E-state index < -0.39 is 6.10 Å². The Morgan fingerprint density at radius 2 is 0.391 bits per heavy atom. The molecule has 6 heteroatoms. The van der Waals surface area contributed by atoms with Crippen molar-refractivity contribution in [2.45, 2.75) is 374 Å². The Morgan fingerprint density at radius 1 is 0.232 bits per heavy atom. The molecule has 69 heavy (non-hydrogen) atoms. The molecule has 0 aromatic heterocycles. The summed E-state index contributed by atoms with van der Waals surface area (Å²) in [6, 6.07) is 0. The van der Waals surface area contributed by atoms with E-state index in [-0.39, 0.29) is 31.1 Å². The third-order valence-corrected chi connectivity index (χ3v) is 14.6. The maximum atomic E-state index is 12.8. The van der Waals surface area contributed by atoms with Gasteiger partial charge in [0.1, 0.15) is 13.2 Å². The molecule has 0 N–H and O–H groups in total. The summed E-state index contributed by atoms with van der Waals surface area (Å²) in [5.41, 5.74) is 0. The van der Waals surface area contributed by atoms with Gasteiger partial charge in [-0.05, 0) is 19.3 Å². The second kappa shape index (κ2) is 59.0. The standard InChI is InChI=1S/C63H122O6/c1-4-7-10-13-16-19-21-23-25-27-28-29-30-31-32-33-34-35-37-38-40-42-44-47-50-53-56-62(65)68-59-60(58-67-61(64)55-52-49-46-18-15-12-9-6-3)69-63(66)57-54-51-48-45-43-41-39-36-26-24-22-20-17-14-11-8-5-2/h60H,4-59H2,1-3H3. The van der Waals surface area contributed by atoms with E-state index in [1.165, 1.54) is 270 Å². The predicted molar refractivity (Wildman–Crippen MR) is 298 cm³/mol. The molecular formula is C63H122O6. The van der Waals surface area contributed by atoms with Gasteiger partial charge < -0.3 is 14.2 Å². The topological polar surface area (TPSA) is 78.9 Å². The molecule has 0 radical (unpaired) electrons. The minimum atomic E-state index is -0.760. The summed E-state index contributed by atoms with van der Waals surface area (Å²) < 4.78 is 16.9. The summed E-state index contributed by atoms with van der Waals surface area (Å²) in [4.78, 5) is 38.1. The minimum Gasteiger partial charge on any atom is -0.462 e. The molecule has 1 atom stereocenters. The van der Waals surface area contributed by atoms with Gasteiger partial charge in [-0.2, -0.15) is 0 Å². The summed E-state index contributed by atoms with van der Waals surface area (Å²) in [5.74, 6) is -0.836. The molecule has 0 heterocycles. The van der Waals surface area contributed by atoms with Crippen LogP contribution in [0.25, 0.3) is 0 Å². The maximum absolute atomic E-state index is 12.8. The number of rotatable bonds is 59. The van der Waals surface area contributed by atoms with Crippen LogP contribution in [0.5, 0.6) is 0 Å². The molecule has 0 aromatic rings. The molecule has 0 amide bonds. The number of ether oxygens (including phenoxy) is 3. The van der Waals surface area contributed by atoms with Gasteiger partial charge in [0.25, 0.3) is 0 Å². The van der Waals surface area contributed by atoms with Gasteiger partial charge in [0.15, 0.2) is 6.10 Å². The van der Waals surface area contributed by atoms with Crippen LogP contribution in [0, 0.1) is 0 Å². The lowest BCUT2D eigenvalue weighted by Gasteiger charge is -2.18. The predicted octanol–water partition coefficient (Wildman–Crippen LogP) is 21.1. The normalized spacial score (nSPS) is 11.9. The molecule has 0 saturated heterocycles. The zero-order valence-electron chi connectivity index (χ0n) is 47.1. The Kier molecular flexibility index (Phi) is 57.6. The van der Waals surface area contributed by atoms with E-state index in [9.17, 15) is 14.4 Å². The van der Waals surface area contributed by atoms with Crippen LogP contribution in [-0.4, -0.2) is 37.2 Å². The van der Waals surface area contributed by atoms with Gasteiger partial charge in [0, 0.05) is 19.3 Å². The Balaban J connectivity index is 4.06. The number of unbranched alkanes of at least 4 members (excludes halogenated alkanes) is 48. The molecule has 410 valence electrons. The zero-order valence-corrected chi connectivity index (χ0v) is 47.1. The highest BCUT2D eigenvalue weighted by Crippen LogP contribution is 2.18. The number of carbonyl (C=O) groups excluding carboxylic acids is 3. The molecule has 0 rings (SSSR count). The number of esters is 3. The van der Waals surface area contributed by atoms with Crippen LogP contribution < -0.4 is 0 Å². The first kappa shape index (κ1) is 67.4. The smallest absolute Gasteiger partial charge is 0.306 e. The van der Waals surface area contributed by atoms with Crippen molar-refractivity contribution in [2.24, 2.45) is 0 Å². The lowest BCUT2D eigenvalue weighted by molar-refractivity contribution is -0.167. The van der Waals surface area contributed by atoms with Gasteiger partial charge in [0.2, 0.25) is 0 Å². The quantitative estimate of drug-likeness (QED) is 0.0343. The van der Waals surface area contributed by atoms with Gasteiger partial charge in [-0.15, -0.1) is 0 Å². The van der Waals surface area contributed by atoms with Crippen molar-refractivity contribution < 1.29 is 28.6 Å². The third kappa shape index (κ3) is 57.2. The van der Waals surface area contributed by atoms with E-state index in [0.717, 1.165) is 57.8 Å². The molecule has 0 bridgehead atoms. The van der Waals surface area contributed by atoms with Gasteiger partial charge in [0.05, 0.1) is 0 Å². The lowest BCUT2D eigenvalue weighted by atomic mass is 10.0. The lowest BCUT2D eigenvalue weighted by Crippen LogP contribution is -2.30. The van der Waals surface area contributed by atoms with Crippen molar-refractivity contribution in [1.29, 1.82) is 0 Å². The maximum Gasteiger partial charge on any atom is 0.306 e. The Morgan fingerprint density at radius 3 is 0.580 bits per heavy atom. The molecule has 0 fully saturated rings. The average molecular weight is 976 g/mol. The van der Waals surface area contributed by atoms with Crippen LogP contribution in [-0.2, 0) is 28.6 Å². The summed E-state index contributed by atoms with van der Waals surface area (Å²) >= 11 is 0. The summed E-state index contributed by atoms with van der Waals surface area (Å²) in [5, 5.41) is 0. The minimum absolute atomic E-state index is 0.0614. The molecule has 0 aliphatic heterocycles. The van der Waals surface area contributed by atoms with E-state index in [4.69, 9.17) is 14.2 Å². The summed E-state index contributed by atoms with van der Waals surface area (Å²) in [6.07, 6.45) is 67.1. The second-order valence-electron chi connectivity index (χ2n) is 21.7. The number of hydrogen-bond acceptors (Lipinski definition) is 6. The molecule has 1 unspecified atom stereocenters. The van der Waals surface area contributed by atoms with Crippen molar-refractivity contribution in [3.63, 3.8) is 0 Å². The fraction of sp³-hybridized carbons (Fsp3) is 0.952. The molecule has 6 nitrogen and oxygen atoms in total. The number of carbonyl (C=O) groups is 3. The van der Waals surface area contributed by atoms with Crippen molar-refractivity contribution in [1.82, 2.24) is 0 Å².